The highest BCUT2D eigenvalue weighted by Gasteiger charge is 2.29. The standard InChI is InChI=1S/C20H22N2O6S2/c21-18(9-10-19(23)24)20(25)22-13-1-3-14(4-2-13)28-15-5-7-17(8-6-15)30(26,27)12-16-11-29-16/h1-8,16,18H,9-12,21H2,(H,22,25)(H,23,24)/t16?,18-/m0/s1. The van der Waals surface area contributed by atoms with Gasteiger partial charge < -0.3 is 20.9 Å². The third kappa shape index (κ3) is 6.48. The first kappa shape index (κ1) is 22.1. The Bertz CT molecular complexity index is 1000. The van der Waals surface area contributed by atoms with E-state index < -0.39 is 27.8 Å². The summed E-state index contributed by atoms with van der Waals surface area (Å²) in [4.78, 5) is 22.8. The minimum Gasteiger partial charge on any atom is -0.481 e. The molecule has 1 fully saturated rings. The fraction of sp³-hybridized carbons (Fsp3) is 0.300. The Balaban J connectivity index is 1.55. The van der Waals surface area contributed by atoms with Crippen LogP contribution in [0.15, 0.2) is 53.4 Å². The molecule has 0 aromatic heterocycles. The van der Waals surface area contributed by atoms with Gasteiger partial charge in [-0.2, -0.15) is 11.8 Å². The summed E-state index contributed by atoms with van der Waals surface area (Å²) in [6.45, 7) is 0. The molecule has 1 aliphatic heterocycles. The summed E-state index contributed by atoms with van der Waals surface area (Å²) < 4.78 is 30.3. The summed E-state index contributed by atoms with van der Waals surface area (Å²) in [5, 5.41) is 11.5. The molecule has 0 saturated carbocycles. The molecule has 2 aromatic carbocycles. The number of hydrogen-bond acceptors (Lipinski definition) is 7. The lowest BCUT2D eigenvalue weighted by molar-refractivity contribution is -0.137. The van der Waals surface area contributed by atoms with Crippen molar-refractivity contribution in [2.75, 3.05) is 16.8 Å². The van der Waals surface area contributed by atoms with Gasteiger partial charge in [-0.25, -0.2) is 8.42 Å². The van der Waals surface area contributed by atoms with Crippen LogP contribution in [-0.2, 0) is 19.4 Å². The van der Waals surface area contributed by atoms with Gasteiger partial charge in [0.15, 0.2) is 9.84 Å². The van der Waals surface area contributed by atoms with Crippen molar-refractivity contribution in [2.24, 2.45) is 5.73 Å². The average molecular weight is 451 g/mol. The molecular weight excluding hydrogens is 428 g/mol. The molecule has 4 N–H and O–H groups in total. The predicted molar refractivity (Wildman–Crippen MR) is 115 cm³/mol. The molecule has 0 radical (unpaired) electrons. The first-order chi connectivity index (χ1) is 14.2. The zero-order valence-electron chi connectivity index (χ0n) is 16.0. The third-order valence-electron chi connectivity index (χ3n) is 4.35. The largest absolute Gasteiger partial charge is 0.481 e. The van der Waals surface area contributed by atoms with Crippen molar-refractivity contribution in [2.45, 2.75) is 29.0 Å². The number of ether oxygens (including phenoxy) is 1. The van der Waals surface area contributed by atoms with Crippen LogP contribution in [-0.4, -0.2) is 48.2 Å². The molecule has 8 nitrogen and oxygen atoms in total. The van der Waals surface area contributed by atoms with Crippen LogP contribution >= 0.6 is 11.8 Å². The van der Waals surface area contributed by atoms with Crippen LogP contribution in [0.1, 0.15) is 12.8 Å². The van der Waals surface area contributed by atoms with Gasteiger partial charge in [-0.05, 0) is 55.0 Å². The lowest BCUT2D eigenvalue weighted by Crippen LogP contribution is -2.36. The molecule has 0 aliphatic carbocycles. The van der Waals surface area contributed by atoms with E-state index >= 15 is 0 Å². The van der Waals surface area contributed by atoms with E-state index in [1.54, 1.807) is 48.2 Å². The fourth-order valence-electron chi connectivity index (χ4n) is 2.61. The molecular formula is C20H22N2O6S2. The highest BCUT2D eigenvalue weighted by molar-refractivity contribution is 8.08. The molecule has 1 aliphatic rings. The number of nitrogens with two attached hydrogens (primary N) is 1. The number of aliphatic carboxylic acids is 1. The lowest BCUT2D eigenvalue weighted by atomic mass is 10.1. The van der Waals surface area contributed by atoms with E-state index in [9.17, 15) is 18.0 Å². The Hall–Kier alpha value is -2.56. The number of sulfone groups is 1. The maximum absolute atomic E-state index is 12.3. The normalized spacial score (nSPS) is 16.5. The Morgan fingerprint density at radius 3 is 2.23 bits per heavy atom. The molecule has 1 amide bonds. The van der Waals surface area contributed by atoms with Crippen molar-refractivity contribution in [3.63, 3.8) is 0 Å². The summed E-state index contributed by atoms with van der Waals surface area (Å²) in [6.07, 6.45) is -0.130. The molecule has 0 spiro atoms. The van der Waals surface area contributed by atoms with Gasteiger partial charge in [0.25, 0.3) is 0 Å². The monoisotopic (exact) mass is 450 g/mol. The van der Waals surface area contributed by atoms with E-state index in [0.29, 0.717) is 17.2 Å². The minimum atomic E-state index is -3.28. The van der Waals surface area contributed by atoms with E-state index in [0.717, 1.165) is 5.75 Å². The molecule has 0 bridgehead atoms. The van der Waals surface area contributed by atoms with Gasteiger partial charge in [-0.15, -0.1) is 0 Å². The van der Waals surface area contributed by atoms with Gasteiger partial charge in [0.2, 0.25) is 5.91 Å². The smallest absolute Gasteiger partial charge is 0.303 e. The summed E-state index contributed by atoms with van der Waals surface area (Å²) in [7, 11) is -3.28. The van der Waals surface area contributed by atoms with Gasteiger partial charge >= 0.3 is 5.97 Å². The summed E-state index contributed by atoms with van der Waals surface area (Å²) >= 11 is 1.64. The van der Waals surface area contributed by atoms with Crippen LogP contribution < -0.4 is 15.8 Å². The van der Waals surface area contributed by atoms with Gasteiger partial charge in [0, 0.05) is 23.1 Å². The number of carbonyl (C=O) groups excluding carboxylic acids is 1. The Labute approximate surface area is 178 Å². The van der Waals surface area contributed by atoms with Crippen LogP contribution in [0.5, 0.6) is 11.5 Å². The van der Waals surface area contributed by atoms with E-state index in [1.807, 2.05) is 0 Å². The molecule has 2 aromatic rings. The molecule has 10 heteroatoms. The topological polar surface area (TPSA) is 136 Å². The Kier molecular flexibility index (Phi) is 7.01. The second-order valence-electron chi connectivity index (χ2n) is 6.86. The summed E-state index contributed by atoms with van der Waals surface area (Å²) in [5.41, 5.74) is 6.17. The SMILES string of the molecule is N[C@@H](CCC(=O)O)C(=O)Nc1ccc(Oc2ccc(S(=O)(=O)CC3CS3)cc2)cc1. The van der Waals surface area contributed by atoms with Crippen molar-refractivity contribution in [3.8, 4) is 11.5 Å². The molecule has 1 heterocycles. The highest BCUT2D eigenvalue weighted by Crippen LogP contribution is 2.33. The predicted octanol–water partition coefficient (Wildman–Crippen LogP) is 2.50. The number of anilines is 1. The number of rotatable bonds is 10. The fourth-order valence-corrected chi connectivity index (χ4v) is 5.28. The van der Waals surface area contributed by atoms with Crippen LogP contribution in [0.2, 0.25) is 0 Å². The van der Waals surface area contributed by atoms with Crippen LogP contribution in [0.3, 0.4) is 0 Å². The first-order valence-corrected chi connectivity index (χ1v) is 11.9. The average Bonchev–Trinajstić information content (AvgIpc) is 3.51. The molecule has 1 saturated heterocycles. The number of carbonyl (C=O) groups is 2. The third-order valence-corrected chi connectivity index (χ3v) is 7.37. The van der Waals surface area contributed by atoms with Crippen molar-refractivity contribution in [1.29, 1.82) is 0 Å². The van der Waals surface area contributed by atoms with Crippen molar-refractivity contribution in [3.05, 3.63) is 48.5 Å². The number of thioether (sulfide) groups is 1. The van der Waals surface area contributed by atoms with Crippen molar-refractivity contribution < 1.29 is 27.9 Å². The van der Waals surface area contributed by atoms with Crippen LogP contribution in [0.25, 0.3) is 0 Å². The zero-order chi connectivity index (χ0) is 21.7. The molecule has 3 rings (SSSR count). The number of nitrogens with one attached hydrogen (secondary N) is 1. The van der Waals surface area contributed by atoms with E-state index in [4.69, 9.17) is 15.6 Å². The summed E-state index contributed by atoms with van der Waals surface area (Å²) in [5.74, 6) is 0.574. The number of hydrogen-bond donors (Lipinski definition) is 3. The number of benzene rings is 2. The van der Waals surface area contributed by atoms with Crippen LogP contribution in [0, 0.1) is 0 Å². The van der Waals surface area contributed by atoms with Crippen molar-refractivity contribution >= 4 is 39.2 Å². The van der Waals surface area contributed by atoms with Gasteiger partial charge in [-0.3, -0.25) is 9.59 Å². The lowest BCUT2D eigenvalue weighted by Gasteiger charge is -2.12. The molecule has 30 heavy (non-hydrogen) atoms. The quantitative estimate of drug-likeness (QED) is 0.470. The number of amides is 1. The van der Waals surface area contributed by atoms with Crippen molar-refractivity contribution in [1.82, 2.24) is 0 Å². The van der Waals surface area contributed by atoms with E-state index in [2.05, 4.69) is 5.32 Å². The van der Waals surface area contributed by atoms with E-state index in [-0.39, 0.29) is 28.7 Å². The second kappa shape index (κ2) is 9.50. The van der Waals surface area contributed by atoms with E-state index in [1.165, 1.54) is 12.1 Å². The Morgan fingerprint density at radius 1 is 1.13 bits per heavy atom. The maximum atomic E-state index is 12.3. The van der Waals surface area contributed by atoms with Crippen LogP contribution in [0.4, 0.5) is 5.69 Å². The maximum Gasteiger partial charge on any atom is 0.303 e. The van der Waals surface area contributed by atoms with Gasteiger partial charge in [0.05, 0.1) is 16.7 Å². The first-order valence-electron chi connectivity index (χ1n) is 9.23. The Morgan fingerprint density at radius 2 is 1.70 bits per heavy atom. The highest BCUT2D eigenvalue weighted by atomic mass is 32.2. The summed E-state index contributed by atoms with van der Waals surface area (Å²) in [6, 6.07) is 11.9. The molecule has 1 unspecified atom stereocenters. The number of carboxylic acids is 1. The molecule has 160 valence electrons. The molecule has 2 atom stereocenters. The zero-order valence-corrected chi connectivity index (χ0v) is 17.6. The minimum absolute atomic E-state index is 0.0492. The van der Waals surface area contributed by atoms with Gasteiger partial charge in [0.1, 0.15) is 11.5 Å². The van der Waals surface area contributed by atoms with Gasteiger partial charge in [-0.1, -0.05) is 0 Å². The second-order valence-corrected chi connectivity index (χ2v) is 10.2. The number of carboxylic acid groups (broad SMARTS) is 1.